The predicted molar refractivity (Wildman–Crippen MR) is 115 cm³/mol. The van der Waals surface area contributed by atoms with E-state index in [1.807, 2.05) is 18.2 Å². The van der Waals surface area contributed by atoms with Crippen molar-refractivity contribution < 1.29 is 10.2 Å². The molecule has 148 valence electrons. The van der Waals surface area contributed by atoms with Gasteiger partial charge in [-0.25, -0.2) is 0 Å². The smallest absolute Gasteiger partial charge is 0.123 e. The van der Waals surface area contributed by atoms with Gasteiger partial charge in [0, 0.05) is 17.0 Å². The van der Waals surface area contributed by atoms with Crippen molar-refractivity contribution in [3.63, 3.8) is 0 Å². The quantitative estimate of drug-likeness (QED) is 0.614. The van der Waals surface area contributed by atoms with Gasteiger partial charge in [0.05, 0.1) is 0 Å². The fourth-order valence-corrected chi connectivity index (χ4v) is 3.86. The lowest BCUT2D eigenvalue weighted by molar-refractivity contribution is 0.425. The molecule has 1 atom stereocenters. The minimum atomic E-state index is -0.142. The number of phenolic OH excluding ortho intramolecular Hbond substituents is 2. The van der Waals surface area contributed by atoms with Crippen LogP contribution in [0.15, 0.2) is 30.3 Å². The molecule has 0 bridgehead atoms. The maximum atomic E-state index is 11.1. The average molecular weight is 369 g/mol. The van der Waals surface area contributed by atoms with Crippen molar-refractivity contribution in [3.05, 3.63) is 58.1 Å². The molecule has 0 radical (unpaired) electrons. The summed E-state index contributed by atoms with van der Waals surface area (Å²) in [7, 11) is 0. The number of hydrogen-bond acceptors (Lipinski definition) is 2. The van der Waals surface area contributed by atoms with Gasteiger partial charge in [-0.15, -0.1) is 0 Å². The number of para-hydroxylation sites is 1. The Balaban J connectivity index is 2.73. The summed E-state index contributed by atoms with van der Waals surface area (Å²) < 4.78 is 0. The first-order chi connectivity index (χ1) is 12.4. The molecular weight excluding hydrogens is 332 g/mol. The molecule has 27 heavy (non-hydrogen) atoms. The van der Waals surface area contributed by atoms with Gasteiger partial charge in [0.25, 0.3) is 0 Å². The fraction of sp³-hybridized carbons (Fsp3) is 0.520. The molecule has 0 aliphatic carbocycles. The molecule has 2 heteroatoms. The third-order valence-corrected chi connectivity index (χ3v) is 5.30. The zero-order valence-corrected chi connectivity index (χ0v) is 18.3. The van der Waals surface area contributed by atoms with Gasteiger partial charge in [0.1, 0.15) is 11.5 Å². The van der Waals surface area contributed by atoms with Gasteiger partial charge in [-0.3, -0.25) is 0 Å². The third kappa shape index (κ3) is 4.48. The van der Waals surface area contributed by atoms with Gasteiger partial charge in [0.2, 0.25) is 0 Å². The van der Waals surface area contributed by atoms with Crippen LogP contribution in [0.1, 0.15) is 95.0 Å². The maximum Gasteiger partial charge on any atom is 0.123 e. The van der Waals surface area contributed by atoms with E-state index in [1.54, 1.807) is 0 Å². The van der Waals surface area contributed by atoms with Gasteiger partial charge in [-0.2, -0.15) is 0 Å². The molecule has 2 N–H and O–H groups in total. The molecule has 0 saturated heterocycles. The minimum Gasteiger partial charge on any atom is -0.507 e. The molecule has 0 aromatic heterocycles. The van der Waals surface area contributed by atoms with Crippen LogP contribution >= 0.6 is 0 Å². The second-order valence-electron chi connectivity index (χ2n) is 9.83. The summed E-state index contributed by atoms with van der Waals surface area (Å²) in [6.45, 7) is 16.9. The van der Waals surface area contributed by atoms with Crippen LogP contribution in [0.25, 0.3) is 0 Å². The summed E-state index contributed by atoms with van der Waals surface area (Å²) in [5.41, 5.74) is 4.60. The highest BCUT2D eigenvalue weighted by molar-refractivity contribution is 5.55. The first-order valence-corrected chi connectivity index (χ1v) is 10.0. The second-order valence-corrected chi connectivity index (χ2v) is 9.83. The van der Waals surface area contributed by atoms with Crippen LogP contribution < -0.4 is 0 Å². The first-order valence-electron chi connectivity index (χ1n) is 10.0. The molecule has 2 nitrogen and oxygen atoms in total. The number of benzene rings is 2. The second kappa shape index (κ2) is 7.58. The number of aryl methyl sites for hydroxylation is 1. The van der Waals surface area contributed by atoms with Crippen LogP contribution in [0, 0.1) is 6.92 Å². The van der Waals surface area contributed by atoms with Crippen LogP contribution in [0.5, 0.6) is 11.5 Å². The Hall–Kier alpha value is -1.96. The highest BCUT2D eigenvalue weighted by atomic mass is 16.3. The van der Waals surface area contributed by atoms with Crippen molar-refractivity contribution in [3.8, 4) is 11.5 Å². The Morgan fingerprint density at radius 3 is 1.89 bits per heavy atom. The van der Waals surface area contributed by atoms with Gasteiger partial charge < -0.3 is 10.2 Å². The Bertz CT molecular complexity index is 804. The molecular formula is C25H36O2. The van der Waals surface area contributed by atoms with Crippen LogP contribution in [-0.4, -0.2) is 10.2 Å². The minimum absolute atomic E-state index is 0.0294. The van der Waals surface area contributed by atoms with E-state index in [1.165, 1.54) is 0 Å². The molecule has 1 unspecified atom stereocenters. The number of hydrogen-bond donors (Lipinski definition) is 2. The van der Waals surface area contributed by atoms with Crippen LogP contribution in [0.4, 0.5) is 0 Å². The topological polar surface area (TPSA) is 40.5 Å². The number of phenols is 2. The van der Waals surface area contributed by atoms with Crippen molar-refractivity contribution in [2.24, 2.45) is 0 Å². The van der Waals surface area contributed by atoms with Gasteiger partial charge >= 0.3 is 0 Å². The van der Waals surface area contributed by atoms with Gasteiger partial charge in [-0.05, 0) is 35.3 Å². The average Bonchev–Trinajstić information content (AvgIpc) is 2.53. The molecule has 0 aliphatic rings. The Labute approximate surface area is 165 Å². The fourth-order valence-electron chi connectivity index (χ4n) is 3.86. The van der Waals surface area contributed by atoms with Crippen molar-refractivity contribution in [1.82, 2.24) is 0 Å². The third-order valence-electron chi connectivity index (χ3n) is 5.30. The molecule has 2 rings (SSSR count). The summed E-state index contributed by atoms with van der Waals surface area (Å²) >= 11 is 0. The lowest BCUT2D eigenvalue weighted by Crippen LogP contribution is -2.15. The Morgan fingerprint density at radius 2 is 1.37 bits per heavy atom. The number of rotatable bonds is 4. The zero-order valence-electron chi connectivity index (χ0n) is 18.3. The van der Waals surface area contributed by atoms with E-state index >= 15 is 0 Å². The van der Waals surface area contributed by atoms with E-state index in [4.69, 9.17) is 0 Å². The number of aromatic hydroxyl groups is 2. The highest BCUT2D eigenvalue weighted by Crippen LogP contribution is 2.45. The van der Waals surface area contributed by atoms with Crippen LogP contribution in [0.2, 0.25) is 0 Å². The van der Waals surface area contributed by atoms with Gasteiger partial charge in [0.15, 0.2) is 0 Å². The molecule has 0 fully saturated rings. The summed E-state index contributed by atoms with van der Waals surface area (Å²) in [4.78, 5) is 0. The van der Waals surface area contributed by atoms with E-state index in [2.05, 4.69) is 67.5 Å². The maximum absolute atomic E-state index is 11.1. The van der Waals surface area contributed by atoms with Crippen molar-refractivity contribution in [1.29, 1.82) is 0 Å². The zero-order chi connectivity index (χ0) is 20.6. The molecule has 2 aromatic rings. The molecule has 0 aliphatic heterocycles. The van der Waals surface area contributed by atoms with Crippen molar-refractivity contribution >= 4 is 0 Å². The van der Waals surface area contributed by atoms with E-state index in [9.17, 15) is 10.2 Å². The van der Waals surface area contributed by atoms with Crippen molar-refractivity contribution in [2.45, 2.75) is 85.0 Å². The normalized spacial score (nSPS) is 13.6. The van der Waals surface area contributed by atoms with E-state index in [0.29, 0.717) is 11.5 Å². The Kier molecular flexibility index (Phi) is 5.99. The van der Waals surface area contributed by atoms with Gasteiger partial charge in [-0.1, -0.05) is 90.8 Å². The molecule has 0 saturated carbocycles. The SMILES string of the molecule is CCCC(c1cccc(C(C)(C)C)c1O)c1cc(C)cc(C(C)(C)C)c1O. The van der Waals surface area contributed by atoms with E-state index < -0.39 is 0 Å². The van der Waals surface area contributed by atoms with Crippen molar-refractivity contribution in [2.75, 3.05) is 0 Å². The summed E-state index contributed by atoms with van der Waals surface area (Å²) in [5.74, 6) is 0.701. The van der Waals surface area contributed by atoms with E-state index in [-0.39, 0.29) is 16.7 Å². The van der Waals surface area contributed by atoms with Crippen LogP contribution in [0.3, 0.4) is 0 Å². The monoisotopic (exact) mass is 368 g/mol. The highest BCUT2D eigenvalue weighted by Gasteiger charge is 2.28. The summed E-state index contributed by atoms with van der Waals surface area (Å²) in [6, 6.07) is 10.2. The molecule has 0 heterocycles. The summed E-state index contributed by atoms with van der Waals surface area (Å²) in [5, 5.41) is 22.2. The molecule has 0 amide bonds. The lowest BCUT2D eigenvalue weighted by atomic mass is 9.77. The largest absolute Gasteiger partial charge is 0.507 e. The van der Waals surface area contributed by atoms with Crippen LogP contribution in [-0.2, 0) is 10.8 Å². The first kappa shape index (κ1) is 21.3. The molecule has 0 spiro atoms. The lowest BCUT2D eigenvalue weighted by Gasteiger charge is -2.28. The molecule has 2 aromatic carbocycles. The standard InChI is InChI=1S/C25H36O2/c1-9-11-17(18-12-10-13-20(22(18)26)24(3,4)5)19-14-16(2)15-21(23(19)27)25(6,7)8/h10,12-15,17,26-27H,9,11H2,1-8H3. The Morgan fingerprint density at radius 1 is 0.815 bits per heavy atom. The predicted octanol–water partition coefficient (Wildman–Crippen LogP) is 6.93. The van der Waals surface area contributed by atoms with E-state index in [0.717, 1.165) is 40.7 Å². The summed E-state index contributed by atoms with van der Waals surface area (Å²) in [6.07, 6.45) is 1.85.